The number of aromatic nitrogens is 3. The molecule has 2 aromatic rings. The first-order valence-corrected chi connectivity index (χ1v) is 4.66. The van der Waals surface area contributed by atoms with Gasteiger partial charge in [0.2, 0.25) is 5.56 Å². The number of hydrogen-bond donors (Lipinski definition) is 1. The molecule has 76 valence electrons. The standard InChI is InChI=1S/C11H11N3O/c1-7-5-10(14-8(2)13-7)9-3-4-11(15)12-6-9/h3-6H,1-2H3,(H,12,15). The van der Waals surface area contributed by atoms with Crippen LogP contribution in [0.25, 0.3) is 11.3 Å². The van der Waals surface area contributed by atoms with E-state index in [4.69, 9.17) is 0 Å². The van der Waals surface area contributed by atoms with Crippen molar-refractivity contribution in [1.29, 1.82) is 0 Å². The Morgan fingerprint density at radius 2 is 2.00 bits per heavy atom. The highest BCUT2D eigenvalue weighted by atomic mass is 16.1. The lowest BCUT2D eigenvalue weighted by Gasteiger charge is -2.02. The molecule has 2 aromatic heterocycles. The normalized spacial score (nSPS) is 10.3. The van der Waals surface area contributed by atoms with Gasteiger partial charge in [0, 0.05) is 23.5 Å². The van der Waals surface area contributed by atoms with E-state index in [2.05, 4.69) is 15.0 Å². The molecular formula is C11H11N3O. The van der Waals surface area contributed by atoms with E-state index < -0.39 is 0 Å². The minimum absolute atomic E-state index is 0.110. The number of hydrogen-bond acceptors (Lipinski definition) is 3. The summed E-state index contributed by atoms with van der Waals surface area (Å²) in [5.74, 6) is 0.733. The van der Waals surface area contributed by atoms with Crippen molar-refractivity contribution in [1.82, 2.24) is 15.0 Å². The zero-order valence-electron chi connectivity index (χ0n) is 8.61. The van der Waals surface area contributed by atoms with Gasteiger partial charge in [-0.3, -0.25) is 4.79 Å². The van der Waals surface area contributed by atoms with Crippen LogP contribution >= 0.6 is 0 Å². The highest BCUT2D eigenvalue weighted by Crippen LogP contribution is 2.14. The second-order valence-electron chi connectivity index (χ2n) is 3.38. The molecule has 2 rings (SSSR count). The van der Waals surface area contributed by atoms with E-state index >= 15 is 0 Å². The van der Waals surface area contributed by atoms with Gasteiger partial charge < -0.3 is 4.98 Å². The Bertz CT molecular complexity index is 505. The van der Waals surface area contributed by atoms with Gasteiger partial charge in [-0.25, -0.2) is 9.97 Å². The third-order valence-electron chi connectivity index (χ3n) is 2.05. The molecule has 0 spiro atoms. The van der Waals surface area contributed by atoms with Crippen molar-refractivity contribution >= 4 is 0 Å². The lowest BCUT2D eigenvalue weighted by atomic mass is 10.2. The maximum atomic E-state index is 10.9. The lowest BCUT2D eigenvalue weighted by Crippen LogP contribution is -2.02. The Labute approximate surface area is 87.0 Å². The number of pyridine rings is 1. The van der Waals surface area contributed by atoms with E-state index in [1.54, 1.807) is 12.3 Å². The van der Waals surface area contributed by atoms with Gasteiger partial charge in [-0.2, -0.15) is 0 Å². The number of rotatable bonds is 1. The minimum Gasteiger partial charge on any atom is -0.328 e. The third-order valence-corrected chi connectivity index (χ3v) is 2.05. The summed E-state index contributed by atoms with van der Waals surface area (Å²) >= 11 is 0. The molecule has 15 heavy (non-hydrogen) atoms. The molecule has 0 aliphatic rings. The number of aryl methyl sites for hydroxylation is 2. The molecule has 0 radical (unpaired) electrons. The van der Waals surface area contributed by atoms with Gasteiger partial charge in [0.05, 0.1) is 5.69 Å². The van der Waals surface area contributed by atoms with Crippen molar-refractivity contribution < 1.29 is 0 Å². The van der Waals surface area contributed by atoms with E-state index in [-0.39, 0.29) is 5.56 Å². The zero-order valence-corrected chi connectivity index (χ0v) is 8.61. The predicted molar refractivity (Wildman–Crippen MR) is 57.6 cm³/mol. The van der Waals surface area contributed by atoms with Crippen molar-refractivity contribution in [2.75, 3.05) is 0 Å². The average molecular weight is 201 g/mol. The Hall–Kier alpha value is -1.97. The van der Waals surface area contributed by atoms with Crippen LogP contribution in [0.15, 0.2) is 29.2 Å². The quantitative estimate of drug-likeness (QED) is 0.759. The van der Waals surface area contributed by atoms with Crippen LogP contribution < -0.4 is 5.56 Å². The van der Waals surface area contributed by atoms with E-state index in [0.717, 1.165) is 22.8 Å². The molecular weight excluding hydrogens is 190 g/mol. The van der Waals surface area contributed by atoms with Crippen LogP contribution in [-0.4, -0.2) is 15.0 Å². The molecule has 0 saturated heterocycles. The van der Waals surface area contributed by atoms with Crippen molar-refractivity contribution in [2.45, 2.75) is 13.8 Å². The summed E-state index contributed by atoms with van der Waals surface area (Å²) in [7, 11) is 0. The van der Waals surface area contributed by atoms with E-state index in [1.165, 1.54) is 6.07 Å². The average Bonchev–Trinajstić information content (AvgIpc) is 2.17. The smallest absolute Gasteiger partial charge is 0.247 e. The highest BCUT2D eigenvalue weighted by molar-refractivity contribution is 5.57. The number of H-pyrrole nitrogens is 1. The maximum absolute atomic E-state index is 10.9. The van der Waals surface area contributed by atoms with Crippen LogP contribution in [0.5, 0.6) is 0 Å². The van der Waals surface area contributed by atoms with Crippen LogP contribution in [0.1, 0.15) is 11.5 Å². The Morgan fingerprint density at radius 3 is 2.60 bits per heavy atom. The van der Waals surface area contributed by atoms with Crippen molar-refractivity contribution in [3.63, 3.8) is 0 Å². The topological polar surface area (TPSA) is 58.6 Å². The Kier molecular flexibility index (Phi) is 2.33. The van der Waals surface area contributed by atoms with E-state index in [9.17, 15) is 4.79 Å². The van der Waals surface area contributed by atoms with Gasteiger partial charge in [-0.1, -0.05) is 0 Å². The fraction of sp³-hybridized carbons (Fsp3) is 0.182. The second-order valence-corrected chi connectivity index (χ2v) is 3.38. The number of nitrogens with one attached hydrogen (secondary N) is 1. The van der Waals surface area contributed by atoms with Crippen molar-refractivity contribution in [3.05, 3.63) is 46.3 Å². The zero-order chi connectivity index (χ0) is 10.8. The molecule has 0 atom stereocenters. The summed E-state index contributed by atoms with van der Waals surface area (Å²) in [6.07, 6.45) is 1.66. The molecule has 0 unspecified atom stereocenters. The Balaban J connectivity index is 2.53. The van der Waals surface area contributed by atoms with Gasteiger partial charge in [0.1, 0.15) is 5.82 Å². The molecule has 2 heterocycles. The summed E-state index contributed by atoms with van der Waals surface area (Å²) < 4.78 is 0. The third kappa shape index (κ3) is 2.10. The Morgan fingerprint density at radius 1 is 1.20 bits per heavy atom. The van der Waals surface area contributed by atoms with Gasteiger partial charge in [0.25, 0.3) is 0 Å². The van der Waals surface area contributed by atoms with Gasteiger partial charge in [0.15, 0.2) is 0 Å². The largest absolute Gasteiger partial charge is 0.328 e. The summed E-state index contributed by atoms with van der Waals surface area (Å²) in [6, 6.07) is 5.13. The summed E-state index contributed by atoms with van der Waals surface area (Å²) in [6.45, 7) is 3.77. The molecule has 0 amide bonds. The molecule has 4 nitrogen and oxygen atoms in total. The lowest BCUT2D eigenvalue weighted by molar-refractivity contribution is 1.01. The first-order chi connectivity index (χ1) is 7.15. The molecule has 0 aliphatic carbocycles. The first-order valence-electron chi connectivity index (χ1n) is 4.66. The first kappa shape index (κ1) is 9.58. The molecule has 0 aromatic carbocycles. The van der Waals surface area contributed by atoms with Gasteiger partial charge in [-0.15, -0.1) is 0 Å². The van der Waals surface area contributed by atoms with E-state index in [1.807, 2.05) is 19.9 Å². The molecule has 0 bridgehead atoms. The maximum Gasteiger partial charge on any atom is 0.247 e. The van der Waals surface area contributed by atoms with Crippen LogP contribution in [0, 0.1) is 13.8 Å². The predicted octanol–water partition coefficient (Wildman–Crippen LogP) is 1.45. The van der Waals surface area contributed by atoms with E-state index in [0.29, 0.717) is 0 Å². The molecule has 0 aliphatic heterocycles. The minimum atomic E-state index is -0.110. The summed E-state index contributed by atoms with van der Waals surface area (Å²) in [5, 5.41) is 0. The number of aromatic amines is 1. The highest BCUT2D eigenvalue weighted by Gasteiger charge is 2.01. The fourth-order valence-corrected chi connectivity index (χ4v) is 1.43. The summed E-state index contributed by atoms with van der Waals surface area (Å²) in [4.78, 5) is 22.0. The SMILES string of the molecule is Cc1cc(-c2ccc(=O)[nH]c2)nc(C)n1. The van der Waals surface area contributed by atoms with Crippen molar-refractivity contribution in [2.24, 2.45) is 0 Å². The molecule has 4 heteroatoms. The molecule has 0 saturated carbocycles. The van der Waals surface area contributed by atoms with Crippen molar-refractivity contribution in [3.8, 4) is 11.3 Å². The van der Waals surface area contributed by atoms with Crippen LogP contribution in [0.3, 0.4) is 0 Å². The number of nitrogens with zero attached hydrogens (tertiary/aromatic N) is 2. The van der Waals surface area contributed by atoms with Crippen LogP contribution in [0.2, 0.25) is 0 Å². The van der Waals surface area contributed by atoms with Gasteiger partial charge >= 0.3 is 0 Å². The van der Waals surface area contributed by atoms with Crippen LogP contribution in [-0.2, 0) is 0 Å². The monoisotopic (exact) mass is 201 g/mol. The van der Waals surface area contributed by atoms with Gasteiger partial charge in [-0.05, 0) is 26.0 Å². The summed E-state index contributed by atoms with van der Waals surface area (Å²) in [5.41, 5.74) is 2.53. The molecule has 0 fully saturated rings. The fourth-order valence-electron chi connectivity index (χ4n) is 1.43. The molecule has 1 N–H and O–H groups in total. The van der Waals surface area contributed by atoms with Crippen LogP contribution in [0.4, 0.5) is 0 Å². The second kappa shape index (κ2) is 3.65.